The second-order valence-electron chi connectivity index (χ2n) is 11.0. The molecule has 0 amide bonds. The number of likely N-dealkylation sites (tertiary alicyclic amines) is 1. The number of rotatable bonds is 5. The van der Waals surface area contributed by atoms with E-state index in [1.54, 1.807) is 31.4 Å². The summed E-state index contributed by atoms with van der Waals surface area (Å²) >= 11 is 0. The van der Waals surface area contributed by atoms with Crippen molar-refractivity contribution in [3.8, 4) is 11.5 Å². The lowest BCUT2D eigenvalue weighted by molar-refractivity contribution is -0.291. The van der Waals surface area contributed by atoms with Crippen molar-refractivity contribution in [2.45, 2.75) is 54.2 Å². The molecule has 3 heterocycles. The third kappa shape index (κ3) is 2.79. The van der Waals surface area contributed by atoms with E-state index in [0.717, 1.165) is 42.9 Å². The average Bonchev–Trinajstić information content (AvgIpc) is 3.15. The van der Waals surface area contributed by atoms with Gasteiger partial charge in [-0.1, -0.05) is 23.8 Å². The van der Waals surface area contributed by atoms with Crippen molar-refractivity contribution in [2.75, 3.05) is 33.9 Å². The monoisotopic (exact) mass is 497 g/mol. The molecule has 2 aromatic rings. The van der Waals surface area contributed by atoms with Gasteiger partial charge in [0.1, 0.15) is 11.7 Å². The highest BCUT2D eigenvalue weighted by Gasteiger charge is 2.73. The third-order valence-corrected chi connectivity index (χ3v) is 10.8. The zero-order valence-corrected chi connectivity index (χ0v) is 21.1. The van der Waals surface area contributed by atoms with Crippen LogP contribution in [0.1, 0.15) is 29.5 Å². The number of likely N-dealkylation sites (N-methyl/N-ethyl adjacent to an activating group) is 1. The molecule has 5 aliphatic rings. The van der Waals surface area contributed by atoms with Crippen molar-refractivity contribution in [2.24, 2.45) is 11.8 Å². The maximum atomic E-state index is 13.0. The molecule has 2 bridgehead atoms. The van der Waals surface area contributed by atoms with Gasteiger partial charge in [-0.25, -0.2) is 0 Å². The van der Waals surface area contributed by atoms with Crippen molar-refractivity contribution < 1.29 is 26.8 Å². The van der Waals surface area contributed by atoms with E-state index in [1.165, 1.54) is 11.1 Å². The zero-order chi connectivity index (χ0) is 24.2. The van der Waals surface area contributed by atoms with Crippen molar-refractivity contribution in [3.63, 3.8) is 0 Å². The molecule has 6 atom stereocenters. The predicted molar refractivity (Wildman–Crippen MR) is 128 cm³/mol. The zero-order valence-electron chi connectivity index (χ0n) is 20.3. The van der Waals surface area contributed by atoms with Gasteiger partial charge < -0.3 is 19.1 Å². The lowest BCUT2D eigenvalue weighted by Gasteiger charge is -2.66. The molecule has 0 aromatic heterocycles. The summed E-state index contributed by atoms with van der Waals surface area (Å²) < 4.78 is 50.5. The number of benzene rings is 2. The highest BCUT2D eigenvalue weighted by atomic mass is 32.2. The SMILES string of the molecule is COc1ccc2c3c1O[C@H]1[C@@H]4CO[C@@]4(COS(=O)(=O)c4ccc(C)cc4)C[C@H]4[C@@H](C2)N(C)CC[C@@]341. The molecule has 2 aromatic carbocycles. The summed E-state index contributed by atoms with van der Waals surface area (Å²) in [4.78, 5) is 2.64. The van der Waals surface area contributed by atoms with Gasteiger partial charge in [-0.15, -0.1) is 0 Å². The second kappa shape index (κ2) is 7.22. The van der Waals surface area contributed by atoms with Gasteiger partial charge in [0.2, 0.25) is 0 Å². The standard InChI is InChI=1S/C27H31NO6S/c1-16-4-7-18(8-5-16)35(29,30)33-15-26-13-19-21-12-17-6-9-22(31-3)24-23(17)27(19,10-11-28(21)2)25(34-24)20(26)14-32-26/h4-9,19-21,25H,10-15H2,1-3H3/t19-,20-,21+,25-,26+,27-/m0/s1. The van der Waals surface area contributed by atoms with E-state index in [4.69, 9.17) is 18.4 Å². The van der Waals surface area contributed by atoms with Crippen LogP contribution in [0.2, 0.25) is 0 Å². The van der Waals surface area contributed by atoms with E-state index in [-0.39, 0.29) is 28.9 Å². The second-order valence-corrected chi connectivity index (χ2v) is 12.6. The maximum absolute atomic E-state index is 13.0. The van der Waals surface area contributed by atoms with Crippen LogP contribution >= 0.6 is 0 Å². The number of aryl methyl sites for hydroxylation is 1. The minimum Gasteiger partial charge on any atom is -0.493 e. The number of fused-ring (bicyclic) bond motifs is 2. The Bertz CT molecular complexity index is 1310. The van der Waals surface area contributed by atoms with Gasteiger partial charge in [0.25, 0.3) is 10.1 Å². The summed E-state index contributed by atoms with van der Waals surface area (Å²) in [5.41, 5.74) is 2.96. The van der Waals surface area contributed by atoms with Gasteiger partial charge in [-0.05, 0) is 69.5 Å². The van der Waals surface area contributed by atoms with Gasteiger partial charge in [-0.2, -0.15) is 8.42 Å². The minimum absolute atomic E-state index is 0.0110. The lowest BCUT2D eigenvalue weighted by Crippen LogP contribution is -2.76. The fraction of sp³-hybridized carbons (Fsp3) is 0.556. The van der Waals surface area contributed by atoms with Crippen LogP contribution in [0.5, 0.6) is 11.5 Å². The van der Waals surface area contributed by atoms with E-state index >= 15 is 0 Å². The molecule has 186 valence electrons. The Morgan fingerprint density at radius 2 is 1.94 bits per heavy atom. The van der Waals surface area contributed by atoms with E-state index in [0.29, 0.717) is 18.6 Å². The molecule has 3 fully saturated rings. The summed E-state index contributed by atoms with van der Waals surface area (Å²) in [6.45, 7) is 3.52. The van der Waals surface area contributed by atoms with Gasteiger partial charge in [-0.3, -0.25) is 4.18 Å². The Morgan fingerprint density at radius 1 is 1.14 bits per heavy atom. The largest absolute Gasteiger partial charge is 0.493 e. The topological polar surface area (TPSA) is 74.3 Å². The van der Waals surface area contributed by atoms with E-state index in [9.17, 15) is 8.42 Å². The molecule has 2 aliphatic carbocycles. The molecule has 0 radical (unpaired) electrons. The molecule has 1 spiro atoms. The third-order valence-electron chi connectivity index (χ3n) is 9.57. The first-order chi connectivity index (χ1) is 16.8. The summed E-state index contributed by atoms with van der Waals surface area (Å²) in [6, 6.07) is 11.4. The van der Waals surface area contributed by atoms with Crippen LogP contribution in [-0.4, -0.2) is 65.0 Å². The smallest absolute Gasteiger partial charge is 0.297 e. The summed E-state index contributed by atoms with van der Waals surface area (Å²) in [5, 5.41) is 0. The van der Waals surface area contributed by atoms with Crippen molar-refractivity contribution in [3.05, 3.63) is 53.1 Å². The highest BCUT2D eigenvalue weighted by Crippen LogP contribution is 2.68. The van der Waals surface area contributed by atoms with Crippen LogP contribution in [-0.2, 0) is 30.9 Å². The fourth-order valence-corrected chi connectivity index (χ4v) is 8.73. The van der Waals surface area contributed by atoms with Gasteiger partial charge in [0, 0.05) is 17.0 Å². The van der Waals surface area contributed by atoms with Gasteiger partial charge in [0.05, 0.1) is 31.1 Å². The number of piperidine rings is 1. The predicted octanol–water partition coefficient (Wildman–Crippen LogP) is 3.07. The normalized spacial score (nSPS) is 36.5. The van der Waals surface area contributed by atoms with Gasteiger partial charge in [0.15, 0.2) is 11.5 Å². The first-order valence-corrected chi connectivity index (χ1v) is 13.9. The quantitative estimate of drug-likeness (QED) is 0.588. The highest BCUT2D eigenvalue weighted by molar-refractivity contribution is 7.86. The molecule has 7 rings (SSSR count). The number of hydrogen-bond donors (Lipinski definition) is 0. The first kappa shape index (κ1) is 22.1. The Balaban J connectivity index is 1.27. The molecule has 0 N–H and O–H groups in total. The first-order valence-electron chi connectivity index (χ1n) is 12.5. The Labute approximate surface area is 206 Å². The van der Waals surface area contributed by atoms with E-state index < -0.39 is 15.7 Å². The van der Waals surface area contributed by atoms with Crippen LogP contribution in [0, 0.1) is 18.8 Å². The molecule has 8 heteroatoms. The molecule has 3 aliphatic heterocycles. The van der Waals surface area contributed by atoms with Crippen LogP contribution in [0.15, 0.2) is 41.3 Å². The lowest BCUT2D eigenvalue weighted by atomic mass is 9.46. The number of ether oxygens (including phenoxy) is 3. The number of nitrogens with zero attached hydrogens (tertiary/aromatic N) is 1. The van der Waals surface area contributed by atoms with Crippen LogP contribution < -0.4 is 9.47 Å². The van der Waals surface area contributed by atoms with Crippen molar-refractivity contribution >= 4 is 10.1 Å². The summed E-state index contributed by atoms with van der Waals surface area (Å²) in [6.07, 6.45) is 2.68. The minimum atomic E-state index is -3.89. The summed E-state index contributed by atoms with van der Waals surface area (Å²) in [7, 11) is 0.0138. The van der Waals surface area contributed by atoms with E-state index in [1.807, 2.05) is 13.0 Å². The van der Waals surface area contributed by atoms with Gasteiger partial charge >= 0.3 is 0 Å². The Hall–Kier alpha value is -2.13. The fourth-order valence-electron chi connectivity index (χ4n) is 7.77. The Morgan fingerprint density at radius 3 is 2.66 bits per heavy atom. The average molecular weight is 498 g/mol. The van der Waals surface area contributed by atoms with Crippen molar-refractivity contribution in [1.82, 2.24) is 4.90 Å². The van der Waals surface area contributed by atoms with Crippen LogP contribution in [0.25, 0.3) is 0 Å². The maximum Gasteiger partial charge on any atom is 0.297 e. The van der Waals surface area contributed by atoms with Crippen LogP contribution in [0.3, 0.4) is 0 Å². The molecular formula is C27H31NO6S. The Kier molecular flexibility index (Phi) is 4.56. The molecule has 7 nitrogen and oxygen atoms in total. The molecule has 2 saturated heterocycles. The number of methoxy groups -OCH3 is 1. The van der Waals surface area contributed by atoms with Crippen molar-refractivity contribution in [1.29, 1.82) is 0 Å². The molecule has 0 unspecified atom stereocenters. The van der Waals surface area contributed by atoms with E-state index in [2.05, 4.69) is 18.0 Å². The molecule has 35 heavy (non-hydrogen) atoms. The molecule has 1 saturated carbocycles. The van der Waals surface area contributed by atoms with Crippen LogP contribution in [0.4, 0.5) is 0 Å². The summed E-state index contributed by atoms with van der Waals surface area (Å²) in [5.74, 6) is 2.04. The number of hydrogen-bond acceptors (Lipinski definition) is 7. The molecular weight excluding hydrogens is 466 g/mol.